The van der Waals surface area contributed by atoms with E-state index < -0.39 is 18.0 Å². The van der Waals surface area contributed by atoms with Gasteiger partial charge in [-0.15, -0.1) is 24.5 Å². The quantitative estimate of drug-likeness (QED) is 0.420. The van der Waals surface area contributed by atoms with Gasteiger partial charge in [0.1, 0.15) is 22.2 Å². The minimum atomic E-state index is -4.78. The van der Waals surface area contributed by atoms with Gasteiger partial charge in [0.2, 0.25) is 0 Å². The zero-order valence-electron chi connectivity index (χ0n) is 17.5. The summed E-state index contributed by atoms with van der Waals surface area (Å²) in [5.74, 6) is -0.960. The highest BCUT2D eigenvalue weighted by Crippen LogP contribution is 2.24. The van der Waals surface area contributed by atoms with Crippen molar-refractivity contribution in [3.63, 3.8) is 0 Å². The van der Waals surface area contributed by atoms with E-state index >= 15 is 0 Å². The maximum Gasteiger partial charge on any atom is 0.573 e. The van der Waals surface area contributed by atoms with E-state index in [0.717, 1.165) is 17.7 Å². The summed E-state index contributed by atoms with van der Waals surface area (Å²) in [5, 5.41) is 8.17. The van der Waals surface area contributed by atoms with Crippen molar-refractivity contribution in [3.8, 4) is 11.5 Å². The molecule has 0 bridgehead atoms. The molecule has 34 heavy (non-hydrogen) atoms. The maximum absolute atomic E-state index is 12.2. The van der Waals surface area contributed by atoms with Gasteiger partial charge in [-0.05, 0) is 48.4 Å². The van der Waals surface area contributed by atoms with Crippen molar-refractivity contribution in [2.75, 3.05) is 13.2 Å². The molecule has 0 radical (unpaired) electrons. The van der Waals surface area contributed by atoms with Crippen LogP contribution in [0, 0.1) is 0 Å². The Morgan fingerprint density at radius 2 is 1.68 bits per heavy atom. The Kier molecular flexibility index (Phi) is 8.72. The predicted octanol–water partition coefficient (Wildman–Crippen LogP) is 4.36. The van der Waals surface area contributed by atoms with Crippen LogP contribution < -0.4 is 20.1 Å². The molecule has 7 nitrogen and oxygen atoms in total. The Morgan fingerprint density at radius 1 is 1.00 bits per heavy atom. The topological polar surface area (TPSA) is 89.6 Å². The second-order valence-corrected chi connectivity index (χ2v) is 8.22. The van der Waals surface area contributed by atoms with Crippen molar-refractivity contribution in [1.29, 1.82) is 0 Å². The van der Waals surface area contributed by atoms with E-state index in [1.807, 2.05) is 12.1 Å². The minimum Gasteiger partial charge on any atom is -0.484 e. The van der Waals surface area contributed by atoms with E-state index in [4.69, 9.17) is 16.3 Å². The highest BCUT2D eigenvalue weighted by atomic mass is 35.5. The highest BCUT2D eigenvalue weighted by Gasteiger charge is 2.31. The molecule has 3 aromatic rings. The number of aromatic nitrogens is 1. The van der Waals surface area contributed by atoms with Gasteiger partial charge in [-0.3, -0.25) is 9.59 Å². The number of nitrogens with one attached hydrogen (secondary N) is 2. The standard InChI is InChI=1S/C22H19ClF3N3O4S/c23-15-3-1-14(2-4-15)9-10-27-21(31)18-13-34-20(29-18)11-28-19(30)12-32-16-5-7-17(8-6-16)33-22(24,25)26/h1-8,13H,9-12H2,(H,27,31)(H,28,30). The van der Waals surface area contributed by atoms with Crippen molar-refractivity contribution < 1.29 is 32.2 Å². The van der Waals surface area contributed by atoms with Crippen LogP contribution in [-0.4, -0.2) is 36.3 Å². The van der Waals surface area contributed by atoms with Gasteiger partial charge in [0.05, 0.1) is 6.54 Å². The zero-order valence-corrected chi connectivity index (χ0v) is 19.1. The number of hydrogen-bond acceptors (Lipinski definition) is 6. The normalized spacial score (nSPS) is 11.1. The molecule has 0 aliphatic carbocycles. The molecule has 0 atom stereocenters. The average molecular weight is 514 g/mol. The SMILES string of the molecule is O=C(COc1ccc(OC(F)(F)F)cc1)NCc1nc(C(=O)NCCc2ccc(Cl)cc2)cs1. The third-order valence-corrected chi connectivity index (χ3v) is 5.36. The van der Waals surface area contributed by atoms with Gasteiger partial charge in [-0.25, -0.2) is 4.98 Å². The second kappa shape index (κ2) is 11.7. The summed E-state index contributed by atoms with van der Waals surface area (Å²) in [6.07, 6.45) is -4.13. The van der Waals surface area contributed by atoms with E-state index in [1.54, 1.807) is 17.5 Å². The summed E-state index contributed by atoms with van der Waals surface area (Å²) in [7, 11) is 0. The number of nitrogens with zero attached hydrogens (tertiary/aromatic N) is 1. The lowest BCUT2D eigenvalue weighted by atomic mass is 10.1. The van der Waals surface area contributed by atoms with Gasteiger partial charge in [-0.2, -0.15) is 0 Å². The Hall–Kier alpha value is -3.31. The molecule has 0 aliphatic rings. The number of hydrogen-bond donors (Lipinski definition) is 2. The second-order valence-electron chi connectivity index (χ2n) is 6.84. The molecule has 0 unspecified atom stereocenters. The first kappa shape index (κ1) is 25.3. The van der Waals surface area contributed by atoms with Crippen molar-refractivity contribution in [2.24, 2.45) is 0 Å². The monoisotopic (exact) mass is 513 g/mol. The van der Waals surface area contributed by atoms with Gasteiger partial charge in [0, 0.05) is 16.9 Å². The number of thiazole rings is 1. The smallest absolute Gasteiger partial charge is 0.484 e. The van der Waals surface area contributed by atoms with E-state index in [-0.39, 0.29) is 30.5 Å². The predicted molar refractivity (Wildman–Crippen MR) is 120 cm³/mol. The highest BCUT2D eigenvalue weighted by molar-refractivity contribution is 7.09. The lowest BCUT2D eigenvalue weighted by molar-refractivity contribution is -0.274. The molecule has 1 aromatic heterocycles. The Morgan fingerprint density at radius 3 is 2.35 bits per heavy atom. The molecule has 1 heterocycles. The lowest BCUT2D eigenvalue weighted by Crippen LogP contribution is -2.28. The van der Waals surface area contributed by atoms with Crippen LogP contribution in [0.2, 0.25) is 5.02 Å². The van der Waals surface area contributed by atoms with Crippen LogP contribution in [0.1, 0.15) is 21.1 Å². The molecular formula is C22H19ClF3N3O4S. The van der Waals surface area contributed by atoms with Crippen molar-refractivity contribution in [2.45, 2.75) is 19.3 Å². The van der Waals surface area contributed by atoms with Crippen LogP contribution in [0.5, 0.6) is 11.5 Å². The first-order valence-electron chi connectivity index (χ1n) is 9.90. The first-order valence-corrected chi connectivity index (χ1v) is 11.2. The fourth-order valence-electron chi connectivity index (χ4n) is 2.67. The summed E-state index contributed by atoms with van der Waals surface area (Å²) in [4.78, 5) is 28.4. The fourth-order valence-corrected chi connectivity index (χ4v) is 3.51. The molecule has 3 rings (SSSR count). The van der Waals surface area contributed by atoms with E-state index in [1.165, 1.54) is 23.5 Å². The Labute approximate surface area is 201 Å². The van der Waals surface area contributed by atoms with Crippen molar-refractivity contribution in [1.82, 2.24) is 15.6 Å². The largest absolute Gasteiger partial charge is 0.573 e. The van der Waals surface area contributed by atoms with Crippen LogP contribution in [0.3, 0.4) is 0 Å². The number of amides is 2. The molecule has 2 amide bonds. The molecule has 12 heteroatoms. The number of alkyl halides is 3. The number of halogens is 4. The molecule has 0 saturated heterocycles. The van der Waals surface area contributed by atoms with E-state index in [9.17, 15) is 22.8 Å². The number of carbonyl (C=O) groups excluding carboxylic acids is 2. The van der Waals surface area contributed by atoms with E-state index in [2.05, 4.69) is 20.4 Å². The lowest BCUT2D eigenvalue weighted by Gasteiger charge is -2.10. The summed E-state index contributed by atoms with van der Waals surface area (Å²) < 4.78 is 45.5. The zero-order chi connectivity index (χ0) is 24.6. The van der Waals surface area contributed by atoms with Gasteiger partial charge in [-0.1, -0.05) is 23.7 Å². The Bertz CT molecular complexity index is 1110. The summed E-state index contributed by atoms with van der Waals surface area (Å²) in [6.45, 7) is 0.191. The third kappa shape index (κ3) is 8.56. The summed E-state index contributed by atoms with van der Waals surface area (Å²) in [5.41, 5.74) is 1.29. The van der Waals surface area contributed by atoms with Gasteiger partial charge >= 0.3 is 6.36 Å². The maximum atomic E-state index is 12.2. The van der Waals surface area contributed by atoms with Gasteiger partial charge in [0.25, 0.3) is 11.8 Å². The molecule has 0 fully saturated rings. The molecule has 180 valence electrons. The summed E-state index contributed by atoms with van der Waals surface area (Å²) in [6, 6.07) is 12.0. The van der Waals surface area contributed by atoms with Crippen LogP contribution in [-0.2, 0) is 17.8 Å². The third-order valence-electron chi connectivity index (χ3n) is 4.26. The number of rotatable bonds is 10. The van der Waals surface area contributed by atoms with Crippen molar-refractivity contribution >= 4 is 34.8 Å². The fraction of sp³-hybridized carbons (Fsp3) is 0.227. The molecule has 2 aromatic carbocycles. The number of carbonyl (C=O) groups is 2. The van der Waals surface area contributed by atoms with Crippen LogP contribution in [0.4, 0.5) is 13.2 Å². The van der Waals surface area contributed by atoms with Gasteiger partial charge < -0.3 is 20.1 Å². The molecule has 0 aliphatic heterocycles. The molecular weight excluding hydrogens is 495 g/mol. The summed E-state index contributed by atoms with van der Waals surface area (Å²) >= 11 is 7.07. The first-order chi connectivity index (χ1) is 16.2. The number of benzene rings is 2. The van der Waals surface area contributed by atoms with Crippen LogP contribution in [0.25, 0.3) is 0 Å². The Balaban J connectivity index is 1.37. The minimum absolute atomic E-state index is 0.100. The van der Waals surface area contributed by atoms with E-state index in [0.29, 0.717) is 23.0 Å². The van der Waals surface area contributed by atoms with Crippen molar-refractivity contribution in [3.05, 3.63) is 75.2 Å². The molecule has 2 N–H and O–H groups in total. The molecule has 0 spiro atoms. The number of ether oxygens (including phenoxy) is 2. The van der Waals surface area contributed by atoms with Gasteiger partial charge in [0.15, 0.2) is 6.61 Å². The molecule has 0 saturated carbocycles. The average Bonchev–Trinajstić information content (AvgIpc) is 3.27. The van der Waals surface area contributed by atoms with Crippen LogP contribution in [0.15, 0.2) is 53.9 Å². The van der Waals surface area contributed by atoms with Crippen LogP contribution >= 0.6 is 22.9 Å².